The van der Waals surface area contributed by atoms with Crippen LogP contribution in [0.25, 0.3) is 0 Å². The van der Waals surface area contributed by atoms with Crippen molar-refractivity contribution in [2.24, 2.45) is 5.92 Å². The van der Waals surface area contributed by atoms with E-state index in [4.69, 9.17) is 9.16 Å². The van der Waals surface area contributed by atoms with Gasteiger partial charge in [0, 0.05) is 25.0 Å². The summed E-state index contributed by atoms with van der Waals surface area (Å²) < 4.78 is 11.8. The molecule has 150 valence electrons. The zero-order valence-electron chi connectivity index (χ0n) is 17.8. The molecule has 0 spiro atoms. The second kappa shape index (κ2) is 8.25. The van der Waals surface area contributed by atoms with E-state index in [0.29, 0.717) is 19.4 Å². The van der Waals surface area contributed by atoms with Crippen molar-refractivity contribution < 1.29 is 18.8 Å². The second-order valence-corrected chi connectivity index (χ2v) is 14.5. The van der Waals surface area contributed by atoms with Crippen LogP contribution in [0.3, 0.4) is 0 Å². The lowest BCUT2D eigenvalue weighted by molar-refractivity contribution is -0.128. The van der Waals surface area contributed by atoms with Gasteiger partial charge in [0.15, 0.2) is 8.32 Å². The van der Waals surface area contributed by atoms with Crippen LogP contribution in [0.15, 0.2) is 12.7 Å². The van der Waals surface area contributed by atoms with Crippen LogP contribution in [0.4, 0.5) is 4.79 Å². The Kier molecular flexibility index (Phi) is 7.27. The summed E-state index contributed by atoms with van der Waals surface area (Å²) in [5.41, 5.74) is -0.629. The molecule has 2 amide bonds. The summed E-state index contributed by atoms with van der Waals surface area (Å²) in [4.78, 5) is 26.5. The van der Waals surface area contributed by atoms with Crippen LogP contribution in [0, 0.1) is 5.92 Å². The Balaban J connectivity index is 2.93. The van der Waals surface area contributed by atoms with Crippen molar-refractivity contribution in [2.75, 3.05) is 6.61 Å². The smallest absolute Gasteiger partial charge is 0.417 e. The summed E-state index contributed by atoms with van der Waals surface area (Å²) >= 11 is 0. The van der Waals surface area contributed by atoms with Crippen molar-refractivity contribution in [3.05, 3.63) is 12.7 Å². The summed E-state index contributed by atoms with van der Waals surface area (Å²) in [6.45, 7) is 20.7. The van der Waals surface area contributed by atoms with Gasteiger partial charge in [0.25, 0.3) is 0 Å². The highest BCUT2D eigenvalue weighted by atomic mass is 28.4. The molecule has 0 aliphatic carbocycles. The first-order valence-electron chi connectivity index (χ1n) is 9.49. The van der Waals surface area contributed by atoms with Crippen molar-refractivity contribution >= 4 is 20.3 Å². The van der Waals surface area contributed by atoms with Crippen molar-refractivity contribution in [1.29, 1.82) is 0 Å². The van der Waals surface area contributed by atoms with Crippen LogP contribution < -0.4 is 0 Å². The van der Waals surface area contributed by atoms with Crippen molar-refractivity contribution in [2.45, 2.75) is 90.6 Å². The van der Waals surface area contributed by atoms with Crippen LogP contribution in [-0.2, 0) is 14.0 Å². The van der Waals surface area contributed by atoms with Crippen molar-refractivity contribution in [3.8, 4) is 0 Å². The lowest BCUT2D eigenvalue weighted by atomic mass is 9.97. The van der Waals surface area contributed by atoms with E-state index in [-0.39, 0.29) is 22.9 Å². The molecule has 6 heteroatoms. The number of likely N-dealkylation sites (tertiary alicyclic amines) is 1. The van der Waals surface area contributed by atoms with Gasteiger partial charge in [-0.3, -0.25) is 4.79 Å². The molecule has 0 bridgehead atoms. The molecule has 0 radical (unpaired) electrons. The minimum absolute atomic E-state index is 0.00379. The van der Waals surface area contributed by atoms with Crippen LogP contribution in [0.2, 0.25) is 18.1 Å². The van der Waals surface area contributed by atoms with E-state index in [0.717, 1.165) is 6.42 Å². The zero-order valence-corrected chi connectivity index (χ0v) is 18.8. The minimum Gasteiger partial charge on any atom is -0.443 e. The fourth-order valence-electron chi connectivity index (χ4n) is 2.76. The molecule has 1 heterocycles. The third kappa shape index (κ3) is 5.95. The molecule has 0 N–H and O–H groups in total. The third-order valence-corrected chi connectivity index (χ3v) is 9.80. The molecular formula is C20H37NO4Si. The van der Waals surface area contributed by atoms with E-state index < -0.39 is 20.0 Å². The zero-order chi connectivity index (χ0) is 20.3. The molecule has 0 unspecified atom stereocenters. The molecule has 1 saturated heterocycles. The Bertz CT molecular complexity index is 531. The SMILES string of the molecule is C=CCC[C@H]1[C@@H](CO[Si](C)(C)C(C)(C)C)CC(=O)N1C(=O)OC(C)(C)C. The quantitative estimate of drug-likeness (QED) is 0.471. The molecule has 26 heavy (non-hydrogen) atoms. The summed E-state index contributed by atoms with van der Waals surface area (Å²) in [6, 6.07) is -0.194. The number of nitrogens with zero attached hydrogens (tertiary/aromatic N) is 1. The number of hydrogen-bond acceptors (Lipinski definition) is 4. The topological polar surface area (TPSA) is 55.8 Å². The van der Waals surface area contributed by atoms with Gasteiger partial charge in [0.1, 0.15) is 5.60 Å². The maximum absolute atomic E-state index is 12.6. The van der Waals surface area contributed by atoms with Gasteiger partial charge in [-0.2, -0.15) is 0 Å². The fraction of sp³-hybridized carbons (Fsp3) is 0.800. The maximum atomic E-state index is 12.6. The Morgan fingerprint density at radius 2 is 1.85 bits per heavy atom. The molecule has 5 nitrogen and oxygen atoms in total. The van der Waals surface area contributed by atoms with Crippen LogP contribution >= 0.6 is 0 Å². The molecule has 1 rings (SSSR count). The maximum Gasteiger partial charge on any atom is 0.417 e. The first-order chi connectivity index (χ1) is 11.7. The van der Waals surface area contributed by atoms with Gasteiger partial charge in [-0.25, -0.2) is 9.69 Å². The van der Waals surface area contributed by atoms with E-state index >= 15 is 0 Å². The Morgan fingerprint density at radius 1 is 1.27 bits per heavy atom. The van der Waals surface area contributed by atoms with Gasteiger partial charge in [0.05, 0.1) is 0 Å². The molecule has 1 fully saturated rings. The molecule has 0 aromatic carbocycles. The van der Waals surface area contributed by atoms with Crippen LogP contribution in [0.5, 0.6) is 0 Å². The molecule has 0 saturated carbocycles. The number of imide groups is 1. The number of ether oxygens (including phenoxy) is 1. The van der Waals surface area contributed by atoms with Gasteiger partial charge in [-0.1, -0.05) is 26.8 Å². The lowest BCUT2D eigenvalue weighted by Gasteiger charge is -2.37. The Hall–Kier alpha value is -1.14. The number of hydrogen-bond donors (Lipinski definition) is 0. The fourth-order valence-corrected chi connectivity index (χ4v) is 3.82. The van der Waals surface area contributed by atoms with Gasteiger partial charge in [0.2, 0.25) is 5.91 Å². The van der Waals surface area contributed by atoms with Gasteiger partial charge < -0.3 is 9.16 Å². The third-order valence-electron chi connectivity index (χ3n) is 5.30. The highest BCUT2D eigenvalue weighted by Crippen LogP contribution is 2.38. The largest absolute Gasteiger partial charge is 0.443 e. The summed E-state index contributed by atoms with van der Waals surface area (Å²) in [7, 11) is -1.91. The monoisotopic (exact) mass is 383 g/mol. The van der Waals surface area contributed by atoms with Crippen LogP contribution in [0.1, 0.15) is 60.8 Å². The number of allylic oxidation sites excluding steroid dienone is 1. The minimum atomic E-state index is -1.91. The summed E-state index contributed by atoms with van der Waals surface area (Å²) in [5, 5.41) is 0.108. The highest BCUT2D eigenvalue weighted by molar-refractivity contribution is 6.74. The number of carbonyl (C=O) groups excluding carboxylic acids is 2. The Morgan fingerprint density at radius 3 is 2.31 bits per heavy atom. The Labute approximate surface area is 160 Å². The summed E-state index contributed by atoms with van der Waals surface area (Å²) in [5.74, 6) is -0.166. The first-order valence-corrected chi connectivity index (χ1v) is 12.4. The van der Waals surface area contributed by atoms with Crippen molar-refractivity contribution in [1.82, 2.24) is 4.90 Å². The predicted octanol–water partition coefficient (Wildman–Crippen LogP) is 5.13. The highest BCUT2D eigenvalue weighted by Gasteiger charge is 2.46. The summed E-state index contributed by atoms with van der Waals surface area (Å²) in [6.07, 6.45) is 3.04. The van der Waals surface area contributed by atoms with Crippen molar-refractivity contribution in [3.63, 3.8) is 0 Å². The average Bonchev–Trinajstić information content (AvgIpc) is 2.75. The number of amides is 2. The predicted molar refractivity (Wildman–Crippen MR) is 108 cm³/mol. The molecule has 0 aromatic rings. The number of rotatable bonds is 6. The van der Waals surface area contributed by atoms with E-state index in [9.17, 15) is 9.59 Å². The van der Waals surface area contributed by atoms with Crippen LogP contribution in [-0.4, -0.2) is 43.5 Å². The molecule has 1 aliphatic heterocycles. The van der Waals surface area contributed by atoms with Gasteiger partial charge >= 0.3 is 6.09 Å². The normalized spacial score (nSPS) is 21.8. The standard InChI is InChI=1S/C20H37NO4Si/c1-10-11-12-16-15(14-24-26(8,9)20(5,6)7)13-17(22)21(16)18(23)25-19(2,3)4/h10,15-16H,1,11-14H2,2-9H3/t15-,16+/m1/s1. The first kappa shape index (κ1) is 22.9. The van der Waals surface area contributed by atoms with E-state index in [1.165, 1.54) is 4.90 Å². The lowest BCUT2D eigenvalue weighted by Crippen LogP contribution is -2.45. The molecule has 0 aromatic heterocycles. The molecular weight excluding hydrogens is 346 g/mol. The van der Waals surface area contributed by atoms with E-state index in [2.05, 4.69) is 40.4 Å². The second-order valence-electron chi connectivity index (χ2n) is 9.71. The van der Waals surface area contributed by atoms with Gasteiger partial charge in [-0.15, -0.1) is 6.58 Å². The van der Waals surface area contributed by atoms with E-state index in [1.807, 2.05) is 26.8 Å². The molecule has 2 atom stereocenters. The molecule has 1 aliphatic rings. The average molecular weight is 384 g/mol. The van der Waals surface area contributed by atoms with Gasteiger partial charge in [-0.05, 0) is 51.7 Å². The number of carbonyl (C=O) groups is 2. The van der Waals surface area contributed by atoms with E-state index in [1.54, 1.807) is 0 Å².